The Morgan fingerprint density at radius 3 is 2.85 bits per heavy atom. The topological polar surface area (TPSA) is 55.0 Å². The molecule has 5 heteroatoms. The van der Waals surface area contributed by atoms with Crippen molar-refractivity contribution in [3.05, 3.63) is 64.4 Å². The molecule has 0 aliphatic carbocycles. The molecule has 100 valence electrons. The molecule has 0 saturated carbocycles. The van der Waals surface area contributed by atoms with Crippen molar-refractivity contribution in [2.24, 2.45) is 0 Å². The highest BCUT2D eigenvalue weighted by molar-refractivity contribution is 9.10. The van der Waals surface area contributed by atoms with Crippen LogP contribution in [0.15, 0.2) is 53.1 Å². The number of hydrogen-bond acceptors (Lipinski definition) is 3. The maximum atomic E-state index is 12.0. The molecule has 20 heavy (non-hydrogen) atoms. The van der Waals surface area contributed by atoms with E-state index in [9.17, 15) is 4.79 Å². The maximum absolute atomic E-state index is 12.0. The average molecular weight is 331 g/mol. The molecule has 2 aromatic heterocycles. The van der Waals surface area contributed by atoms with Crippen LogP contribution in [0.3, 0.4) is 0 Å². The average Bonchev–Trinajstić information content (AvgIpc) is 2.89. The molecule has 0 spiro atoms. The summed E-state index contributed by atoms with van der Waals surface area (Å²) >= 11 is 3.35. The number of carbonyl (C=O) groups is 1. The Morgan fingerprint density at radius 1 is 1.25 bits per heavy atom. The number of carbonyl (C=O) groups excluding carboxylic acids is 1. The summed E-state index contributed by atoms with van der Waals surface area (Å²) in [6.07, 6.45) is 1.68. The second-order valence-corrected chi connectivity index (χ2v) is 5.25. The smallest absolute Gasteiger partial charge is 0.355 e. The van der Waals surface area contributed by atoms with E-state index in [4.69, 9.17) is 4.74 Å². The number of nitrogens with one attached hydrogen (secondary N) is 1. The predicted molar refractivity (Wildman–Crippen MR) is 79.4 cm³/mol. The molecule has 0 unspecified atom stereocenters. The van der Waals surface area contributed by atoms with Gasteiger partial charge in [-0.15, -0.1) is 0 Å². The number of nitrogens with zero attached hydrogens (tertiary/aromatic N) is 1. The van der Waals surface area contributed by atoms with Gasteiger partial charge in [-0.3, -0.25) is 0 Å². The first-order valence-corrected chi connectivity index (χ1v) is 6.87. The molecule has 0 aliphatic heterocycles. The van der Waals surface area contributed by atoms with Gasteiger partial charge in [0.05, 0.1) is 0 Å². The van der Waals surface area contributed by atoms with Crippen molar-refractivity contribution >= 4 is 32.9 Å². The number of hydrogen-bond donors (Lipinski definition) is 1. The summed E-state index contributed by atoms with van der Waals surface area (Å²) in [6, 6.07) is 13.2. The van der Waals surface area contributed by atoms with Crippen LogP contribution < -0.4 is 0 Å². The van der Waals surface area contributed by atoms with Crippen LogP contribution in [0.1, 0.15) is 16.1 Å². The SMILES string of the molecule is O=C(OCc1ccccc1)c1cc2cc(Br)cnc2[nH]1. The summed E-state index contributed by atoms with van der Waals surface area (Å²) in [4.78, 5) is 19.1. The normalized spacial score (nSPS) is 10.7. The van der Waals surface area contributed by atoms with E-state index in [0.717, 1.165) is 15.4 Å². The molecule has 0 radical (unpaired) electrons. The van der Waals surface area contributed by atoms with Crippen LogP contribution in [0.4, 0.5) is 0 Å². The van der Waals surface area contributed by atoms with Gasteiger partial charge < -0.3 is 9.72 Å². The molecular formula is C15H11BrN2O2. The second-order valence-electron chi connectivity index (χ2n) is 4.34. The minimum absolute atomic E-state index is 0.256. The third kappa shape index (κ3) is 2.72. The van der Waals surface area contributed by atoms with Crippen LogP contribution in [0.25, 0.3) is 11.0 Å². The van der Waals surface area contributed by atoms with Crippen LogP contribution >= 0.6 is 15.9 Å². The van der Waals surface area contributed by atoms with Crippen molar-refractivity contribution in [1.29, 1.82) is 0 Å². The maximum Gasteiger partial charge on any atom is 0.355 e. The summed E-state index contributed by atoms with van der Waals surface area (Å²) in [5.74, 6) is -0.386. The van der Waals surface area contributed by atoms with Crippen molar-refractivity contribution in [3.63, 3.8) is 0 Å². The van der Waals surface area contributed by atoms with Crippen LogP contribution in [0.5, 0.6) is 0 Å². The Morgan fingerprint density at radius 2 is 2.05 bits per heavy atom. The Hall–Kier alpha value is -2.14. The molecule has 2 heterocycles. The number of benzene rings is 1. The summed E-state index contributed by atoms with van der Waals surface area (Å²) in [5, 5.41) is 0.867. The molecule has 1 aromatic carbocycles. The fourth-order valence-corrected chi connectivity index (χ4v) is 2.25. The lowest BCUT2D eigenvalue weighted by Crippen LogP contribution is -2.05. The molecule has 3 rings (SSSR count). The van der Waals surface area contributed by atoms with E-state index < -0.39 is 0 Å². The van der Waals surface area contributed by atoms with Crippen LogP contribution in [-0.4, -0.2) is 15.9 Å². The molecule has 0 bridgehead atoms. The summed E-state index contributed by atoms with van der Waals surface area (Å²) in [6.45, 7) is 0.256. The molecule has 0 atom stereocenters. The van der Waals surface area contributed by atoms with Crippen molar-refractivity contribution in [1.82, 2.24) is 9.97 Å². The Labute approximate surface area is 123 Å². The number of esters is 1. The highest BCUT2D eigenvalue weighted by atomic mass is 79.9. The minimum atomic E-state index is -0.386. The van der Waals surface area contributed by atoms with Crippen molar-refractivity contribution in [2.75, 3.05) is 0 Å². The van der Waals surface area contributed by atoms with Gasteiger partial charge in [-0.05, 0) is 33.6 Å². The monoisotopic (exact) mass is 330 g/mol. The highest BCUT2D eigenvalue weighted by Crippen LogP contribution is 2.18. The van der Waals surface area contributed by atoms with Crippen molar-refractivity contribution < 1.29 is 9.53 Å². The minimum Gasteiger partial charge on any atom is -0.456 e. The summed E-state index contributed by atoms with van der Waals surface area (Å²) in [5.41, 5.74) is 2.03. The number of H-pyrrole nitrogens is 1. The molecule has 0 saturated heterocycles. The predicted octanol–water partition coefficient (Wildman–Crippen LogP) is 3.68. The largest absolute Gasteiger partial charge is 0.456 e. The van der Waals surface area contributed by atoms with Crippen LogP contribution in [0, 0.1) is 0 Å². The zero-order chi connectivity index (χ0) is 13.9. The first-order valence-electron chi connectivity index (χ1n) is 6.08. The van der Waals surface area contributed by atoms with Gasteiger partial charge in [-0.25, -0.2) is 9.78 Å². The number of rotatable bonds is 3. The third-order valence-electron chi connectivity index (χ3n) is 2.87. The lowest BCUT2D eigenvalue weighted by Gasteiger charge is -2.02. The van der Waals surface area contributed by atoms with Gasteiger partial charge >= 0.3 is 5.97 Å². The molecule has 0 aliphatic rings. The van der Waals surface area contributed by atoms with Gasteiger partial charge in [0, 0.05) is 16.1 Å². The fourth-order valence-electron chi connectivity index (χ4n) is 1.90. The Bertz CT molecular complexity index is 753. The number of halogens is 1. The van der Waals surface area contributed by atoms with Crippen LogP contribution in [0.2, 0.25) is 0 Å². The lowest BCUT2D eigenvalue weighted by atomic mass is 10.2. The van der Waals surface area contributed by atoms with E-state index in [2.05, 4.69) is 25.9 Å². The molecule has 0 fully saturated rings. The standard InChI is InChI=1S/C15H11BrN2O2/c16-12-6-11-7-13(18-14(11)17-8-12)15(19)20-9-10-4-2-1-3-5-10/h1-8H,9H2,(H,17,18). The van der Waals surface area contributed by atoms with E-state index in [1.54, 1.807) is 12.3 Å². The first-order chi connectivity index (χ1) is 9.72. The Balaban J connectivity index is 1.75. The molecule has 1 N–H and O–H groups in total. The van der Waals surface area contributed by atoms with Crippen molar-refractivity contribution in [3.8, 4) is 0 Å². The van der Waals surface area contributed by atoms with E-state index in [0.29, 0.717) is 11.3 Å². The van der Waals surface area contributed by atoms with Gasteiger partial charge in [0.2, 0.25) is 0 Å². The van der Waals surface area contributed by atoms with E-state index >= 15 is 0 Å². The summed E-state index contributed by atoms with van der Waals surface area (Å²) < 4.78 is 6.13. The van der Waals surface area contributed by atoms with Gasteiger partial charge in [0.25, 0.3) is 0 Å². The fraction of sp³-hybridized carbons (Fsp3) is 0.0667. The molecule has 0 amide bonds. The number of fused-ring (bicyclic) bond motifs is 1. The first kappa shape index (κ1) is 12.9. The number of ether oxygens (including phenoxy) is 1. The zero-order valence-electron chi connectivity index (χ0n) is 10.5. The van der Waals surface area contributed by atoms with E-state index in [1.807, 2.05) is 36.4 Å². The Kier molecular flexibility index (Phi) is 3.52. The van der Waals surface area contributed by atoms with E-state index in [1.165, 1.54) is 0 Å². The van der Waals surface area contributed by atoms with Crippen LogP contribution in [-0.2, 0) is 11.3 Å². The summed E-state index contributed by atoms with van der Waals surface area (Å²) in [7, 11) is 0. The quantitative estimate of drug-likeness (QED) is 0.745. The number of aromatic amines is 1. The van der Waals surface area contributed by atoms with Gasteiger partial charge in [-0.2, -0.15) is 0 Å². The van der Waals surface area contributed by atoms with Crippen molar-refractivity contribution in [2.45, 2.75) is 6.61 Å². The second kappa shape index (κ2) is 5.46. The number of pyridine rings is 1. The third-order valence-corrected chi connectivity index (χ3v) is 3.30. The molecule has 4 nitrogen and oxygen atoms in total. The van der Waals surface area contributed by atoms with E-state index in [-0.39, 0.29) is 12.6 Å². The van der Waals surface area contributed by atoms with Gasteiger partial charge in [0.1, 0.15) is 17.9 Å². The molecular weight excluding hydrogens is 320 g/mol. The zero-order valence-corrected chi connectivity index (χ0v) is 12.1. The van der Waals surface area contributed by atoms with Gasteiger partial charge in [0.15, 0.2) is 0 Å². The number of aromatic nitrogens is 2. The van der Waals surface area contributed by atoms with Gasteiger partial charge in [-0.1, -0.05) is 30.3 Å². The lowest BCUT2D eigenvalue weighted by molar-refractivity contribution is 0.0467. The molecule has 3 aromatic rings. The highest BCUT2D eigenvalue weighted by Gasteiger charge is 2.11.